The molecule has 0 aromatic heterocycles. The van der Waals surface area contributed by atoms with Gasteiger partial charge in [-0.1, -0.05) is 13.5 Å². The van der Waals surface area contributed by atoms with Crippen LogP contribution in [0.25, 0.3) is 0 Å². The lowest BCUT2D eigenvalue weighted by atomic mass is 10.1. The second-order valence-electron chi connectivity index (χ2n) is 2.93. The molecule has 0 radical (unpaired) electrons. The number of carbonyl (C=O) groups is 1. The highest BCUT2D eigenvalue weighted by Gasteiger charge is 2.59. The van der Waals surface area contributed by atoms with Gasteiger partial charge in [-0.15, -0.1) is 6.58 Å². The lowest BCUT2D eigenvalue weighted by Gasteiger charge is -2.06. The number of likely N-dealkylation sites (N-methyl/N-ethyl adjacent to an activating group) is 1. The van der Waals surface area contributed by atoms with E-state index in [9.17, 15) is 4.79 Å². The van der Waals surface area contributed by atoms with Crippen LogP contribution < -0.4 is 5.32 Å². The molecular formula is C9H18NO+. The predicted octanol–water partition coefficient (Wildman–Crippen LogP) is 0.349. The van der Waals surface area contributed by atoms with Crippen molar-refractivity contribution in [1.29, 1.82) is 0 Å². The molecular weight excluding hydrogens is 138 g/mol. The zero-order valence-corrected chi connectivity index (χ0v) is 6.55. The maximum atomic E-state index is 11.0. The van der Waals surface area contributed by atoms with Crippen LogP contribution >= 0.6 is 0 Å². The van der Waals surface area contributed by atoms with Crippen LogP contribution in [0.1, 0.15) is 20.8 Å². The van der Waals surface area contributed by atoms with Crippen LogP contribution in [0.4, 0.5) is 0 Å². The number of hydrogen-bond donors (Lipinski definition) is 1. The maximum absolute atomic E-state index is 11.0. The average molecular weight is 156 g/mol. The first-order valence-corrected chi connectivity index (χ1v) is 3.61. The van der Waals surface area contributed by atoms with Crippen LogP contribution in [0, 0.1) is 5.92 Å². The van der Waals surface area contributed by atoms with Gasteiger partial charge in [0.25, 0.3) is 0 Å². The minimum atomic E-state index is -0.123. The van der Waals surface area contributed by atoms with Crippen LogP contribution in [0.15, 0.2) is 12.7 Å². The van der Waals surface area contributed by atoms with E-state index in [0.29, 0.717) is 5.92 Å². The van der Waals surface area contributed by atoms with Crippen LogP contribution in [0.5, 0.6) is 0 Å². The number of ketones is 1. The van der Waals surface area contributed by atoms with E-state index in [0.717, 1.165) is 6.42 Å². The molecule has 1 unspecified atom stereocenters. The molecule has 2 heteroatoms. The largest absolute Gasteiger partial charge is 0.337 e. The van der Waals surface area contributed by atoms with Crippen molar-refractivity contribution in [3.8, 4) is 0 Å². The number of hydrogen-bond acceptors (Lipinski definition) is 1. The molecule has 11 heavy (non-hydrogen) atoms. The monoisotopic (exact) mass is 156 g/mol. The fourth-order valence-electron chi connectivity index (χ4n) is 1.54. The molecule has 1 aliphatic carbocycles. The molecule has 0 saturated heterocycles. The second-order valence-corrected chi connectivity index (χ2v) is 2.93. The van der Waals surface area contributed by atoms with Gasteiger partial charge in [-0.3, -0.25) is 4.79 Å². The predicted molar refractivity (Wildman–Crippen MR) is 46.3 cm³/mol. The molecule has 0 bridgehead atoms. The first-order chi connectivity index (χ1) is 4.67. The average Bonchev–Trinajstić information content (AvgIpc) is 2.62. The van der Waals surface area contributed by atoms with E-state index < -0.39 is 0 Å². The Hall–Kier alpha value is -0.630. The van der Waals surface area contributed by atoms with Gasteiger partial charge in [0.05, 0.1) is 7.05 Å². The van der Waals surface area contributed by atoms with Crippen molar-refractivity contribution in [2.24, 2.45) is 5.92 Å². The maximum Gasteiger partial charge on any atom is 0.190 e. The summed E-state index contributed by atoms with van der Waals surface area (Å²) in [5.74, 6) is 0.690. The number of Topliss-reactive ketones (excluding diaryl/α,β-unsaturated/α-hetero) is 1. The molecule has 1 aliphatic rings. The molecule has 2 N–H and O–H groups in total. The van der Waals surface area contributed by atoms with E-state index in [1.807, 2.05) is 18.4 Å². The molecule has 0 aromatic carbocycles. The van der Waals surface area contributed by atoms with Gasteiger partial charge in [0.1, 0.15) is 0 Å². The van der Waals surface area contributed by atoms with Gasteiger partial charge in [0.2, 0.25) is 0 Å². The zero-order valence-electron chi connectivity index (χ0n) is 6.55. The number of nitrogens with two attached hydrogens (primary N) is 1. The molecule has 1 rings (SSSR count). The fourth-order valence-corrected chi connectivity index (χ4v) is 1.54. The van der Waals surface area contributed by atoms with Crippen LogP contribution in [-0.4, -0.2) is 18.4 Å². The summed E-state index contributed by atoms with van der Waals surface area (Å²) in [6.07, 6.45) is 2.85. The summed E-state index contributed by atoms with van der Waals surface area (Å²) < 4.78 is 0. The summed E-state index contributed by atoms with van der Waals surface area (Å²) in [5, 5.41) is 2.00. The van der Waals surface area contributed by atoms with Crippen LogP contribution in [-0.2, 0) is 4.79 Å². The van der Waals surface area contributed by atoms with Gasteiger partial charge in [-0.05, 0) is 0 Å². The molecule has 0 spiro atoms. The van der Waals surface area contributed by atoms with Gasteiger partial charge in [-0.25, -0.2) is 0 Å². The van der Waals surface area contributed by atoms with Gasteiger partial charge in [-0.2, -0.15) is 0 Å². The Morgan fingerprint density at radius 1 is 1.82 bits per heavy atom. The molecule has 0 heterocycles. The van der Waals surface area contributed by atoms with Crippen molar-refractivity contribution >= 4 is 5.78 Å². The zero-order chi connectivity index (χ0) is 7.78. The third-order valence-corrected chi connectivity index (χ3v) is 2.51. The number of rotatable bonds is 3. The fraction of sp³-hybridized carbons (Fsp3) is 0.667. The lowest BCUT2D eigenvalue weighted by Crippen LogP contribution is -2.91. The standard InChI is InChI=1S/C8H13NO.CH4/c1-4-7-5-8(7,9-3)6(2)10;/h4,7,9H,1,5H2,2-3H3;1H4/p+1/t7?,8-;/m0./s1. The molecule has 1 fully saturated rings. The van der Waals surface area contributed by atoms with Crippen molar-refractivity contribution in [1.82, 2.24) is 0 Å². The Balaban J connectivity index is 0.000001000. The SMILES string of the molecule is C.C=CC1C[C@]1([NH2+]C)C(C)=O. The third-order valence-electron chi connectivity index (χ3n) is 2.51. The topological polar surface area (TPSA) is 33.7 Å². The van der Waals surface area contributed by atoms with Crippen molar-refractivity contribution < 1.29 is 10.1 Å². The second kappa shape index (κ2) is 3.18. The Morgan fingerprint density at radius 3 is 2.45 bits per heavy atom. The summed E-state index contributed by atoms with van der Waals surface area (Å²) in [6, 6.07) is 0. The molecule has 0 aliphatic heterocycles. The van der Waals surface area contributed by atoms with Crippen molar-refractivity contribution in [3.63, 3.8) is 0 Å². The number of quaternary nitrogens is 1. The molecule has 0 aromatic rings. The molecule has 1 saturated carbocycles. The summed E-state index contributed by atoms with van der Waals surface area (Å²) >= 11 is 0. The van der Waals surface area contributed by atoms with E-state index in [1.54, 1.807) is 6.92 Å². The van der Waals surface area contributed by atoms with E-state index in [1.165, 1.54) is 0 Å². The normalized spacial score (nSPS) is 33.8. The highest BCUT2D eigenvalue weighted by atomic mass is 16.1. The summed E-state index contributed by atoms with van der Waals surface area (Å²) in [7, 11) is 1.95. The van der Waals surface area contributed by atoms with E-state index >= 15 is 0 Å². The molecule has 0 amide bonds. The Morgan fingerprint density at radius 2 is 2.36 bits per heavy atom. The number of carbonyl (C=O) groups excluding carboxylic acids is 1. The van der Waals surface area contributed by atoms with Gasteiger partial charge >= 0.3 is 0 Å². The minimum absolute atomic E-state index is 0. The quantitative estimate of drug-likeness (QED) is 0.588. The summed E-state index contributed by atoms with van der Waals surface area (Å²) in [4.78, 5) is 11.0. The summed E-state index contributed by atoms with van der Waals surface area (Å²) in [5.41, 5.74) is -0.123. The van der Waals surface area contributed by atoms with Crippen molar-refractivity contribution in [2.75, 3.05) is 7.05 Å². The Labute approximate surface area is 68.7 Å². The molecule has 2 nitrogen and oxygen atoms in total. The Bertz CT molecular complexity index is 176. The summed E-state index contributed by atoms with van der Waals surface area (Å²) in [6.45, 7) is 5.33. The van der Waals surface area contributed by atoms with Crippen LogP contribution in [0.3, 0.4) is 0 Å². The van der Waals surface area contributed by atoms with E-state index in [-0.39, 0.29) is 18.7 Å². The van der Waals surface area contributed by atoms with Gasteiger partial charge in [0.15, 0.2) is 11.3 Å². The van der Waals surface area contributed by atoms with Gasteiger partial charge < -0.3 is 5.32 Å². The van der Waals surface area contributed by atoms with Crippen molar-refractivity contribution in [2.45, 2.75) is 26.3 Å². The molecule has 2 atom stereocenters. The van der Waals surface area contributed by atoms with Crippen molar-refractivity contribution in [3.05, 3.63) is 12.7 Å². The Kier molecular flexibility index (Phi) is 3.00. The third kappa shape index (κ3) is 1.36. The highest BCUT2D eigenvalue weighted by molar-refractivity contribution is 5.88. The van der Waals surface area contributed by atoms with E-state index in [4.69, 9.17) is 0 Å². The first kappa shape index (κ1) is 10.4. The highest BCUT2D eigenvalue weighted by Crippen LogP contribution is 2.40. The van der Waals surface area contributed by atoms with E-state index in [2.05, 4.69) is 6.58 Å². The smallest absolute Gasteiger partial charge is 0.190 e. The lowest BCUT2D eigenvalue weighted by molar-refractivity contribution is -0.665. The first-order valence-electron chi connectivity index (χ1n) is 3.61. The van der Waals surface area contributed by atoms with Crippen LogP contribution in [0.2, 0.25) is 0 Å². The molecule has 64 valence electrons. The minimum Gasteiger partial charge on any atom is -0.337 e. The van der Waals surface area contributed by atoms with Gasteiger partial charge in [0, 0.05) is 19.3 Å².